The number of halogens is 1. The van der Waals surface area contributed by atoms with Gasteiger partial charge in [0.1, 0.15) is 10.7 Å². The lowest BCUT2D eigenvalue weighted by Gasteiger charge is -2.33. The van der Waals surface area contributed by atoms with E-state index in [1.54, 1.807) is 24.3 Å². The summed E-state index contributed by atoms with van der Waals surface area (Å²) < 4.78 is 39.2. The van der Waals surface area contributed by atoms with E-state index in [1.807, 2.05) is 12.1 Å². The lowest BCUT2D eigenvalue weighted by atomic mass is 9.89. The summed E-state index contributed by atoms with van der Waals surface area (Å²) in [5, 5.41) is 12.1. The van der Waals surface area contributed by atoms with E-state index >= 15 is 0 Å². The Balaban J connectivity index is 1.41. The van der Waals surface area contributed by atoms with Gasteiger partial charge in [-0.1, -0.05) is 24.3 Å². The second kappa shape index (κ2) is 9.85. The van der Waals surface area contributed by atoms with Crippen LogP contribution in [-0.4, -0.2) is 48.3 Å². The van der Waals surface area contributed by atoms with Crippen molar-refractivity contribution in [2.24, 2.45) is 0 Å². The number of nitrogens with zero attached hydrogens (tertiary/aromatic N) is 3. The molecule has 3 heterocycles. The van der Waals surface area contributed by atoms with Gasteiger partial charge in [-0.25, -0.2) is 17.8 Å². The Kier molecular flexibility index (Phi) is 6.61. The zero-order valence-electron chi connectivity index (χ0n) is 19.7. The van der Waals surface area contributed by atoms with Crippen LogP contribution in [0.2, 0.25) is 0 Å². The van der Waals surface area contributed by atoms with E-state index in [0.29, 0.717) is 54.7 Å². The second-order valence-electron chi connectivity index (χ2n) is 9.28. The molecule has 3 aromatic rings. The van der Waals surface area contributed by atoms with Crippen molar-refractivity contribution in [3.63, 3.8) is 0 Å². The van der Waals surface area contributed by atoms with E-state index in [2.05, 4.69) is 20.2 Å². The van der Waals surface area contributed by atoms with Crippen molar-refractivity contribution in [2.75, 3.05) is 29.1 Å². The van der Waals surface area contributed by atoms with Crippen molar-refractivity contribution in [3.05, 3.63) is 71.2 Å². The molecule has 10 heteroatoms. The van der Waals surface area contributed by atoms with Crippen LogP contribution < -0.4 is 10.2 Å². The Morgan fingerprint density at radius 3 is 2.42 bits per heavy atom. The molecule has 2 aromatic carbocycles. The molecular weight excluding hydrogens is 483 g/mol. The molecule has 8 nitrogen and oxygen atoms in total. The van der Waals surface area contributed by atoms with E-state index in [0.717, 1.165) is 18.4 Å². The SMILES string of the molecule is O=C(O)Cc1ccc(Nc2nc(N3CCC(c4ccc(F)cc4)CC3)nc3c2S(=O)(=O)CCC3)cc1. The van der Waals surface area contributed by atoms with E-state index < -0.39 is 15.8 Å². The highest BCUT2D eigenvalue weighted by molar-refractivity contribution is 7.91. The van der Waals surface area contributed by atoms with Gasteiger partial charge in [-0.05, 0) is 67.0 Å². The third-order valence-electron chi connectivity index (χ3n) is 6.75. The lowest BCUT2D eigenvalue weighted by molar-refractivity contribution is -0.136. The Hall–Kier alpha value is -3.53. The van der Waals surface area contributed by atoms with Crippen molar-refractivity contribution in [3.8, 4) is 0 Å². The number of piperidine rings is 1. The number of aryl methyl sites for hydroxylation is 1. The van der Waals surface area contributed by atoms with Crippen molar-refractivity contribution in [1.29, 1.82) is 0 Å². The Bertz CT molecular complexity index is 1370. The first-order chi connectivity index (χ1) is 17.3. The number of rotatable bonds is 6. The quantitative estimate of drug-likeness (QED) is 0.510. The Morgan fingerprint density at radius 2 is 1.75 bits per heavy atom. The summed E-state index contributed by atoms with van der Waals surface area (Å²) >= 11 is 0. The summed E-state index contributed by atoms with van der Waals surface area (Å²) in [4.78, 5) is 22.5. The summed E-state index contributed by atoms with van der Waals surface area (Å²) in [5.41, 5.74) is 2.90. The maximum atomic E-state index is 13.3. The first-order valence-corrected chi connectivity index (χ1v) is 13.7. The minimum Gasteiger partial charge on any atom is -0.481 e. The first kappa shape index (κ1) is 24.2. The maximum Gasteiger partial charge on any atom is 0.307 e. The summed E-state index contributed by atoms with van der Waals surface area (Å²) in [5.74, 6) is -0.0426. The number of aliphatic carboxylic acids is 1. The van der Waals surface area contributed by atoms with Gasteiger partial charge < -0.3 is 15.3 Å². The number of sulfone groups is 1. The van der Waals surface area contributed by atoms with Gasteiger partial charge in [0.25, 0.3) is 0 Å². The number of aromatic nitrogens is 2. The minimum absolute atomic E-state index is 0.0536. The van der Waals surface area contributed by atoms with Gasteiger partial charge in [-0.3, -0.25) is 4.79 Å². The molecule has 0 spiro atoms. The predicted molar refractivity (Wildman–Crippen MR) is 134 cm³/mol. The largest absolute Gasteiger partial charge is 0.481 e. The first-order valence-electron chi connectivity index (χ1n) is 12.0. The fraction of sp³-hybridized carbons (Fsp3) is 0.346. The highest BCUT2D eigenvalue weighted by Crippen LogP contribution is 2.35. The lowest BCUT2D eigenvalue weighted by Crippen LogP contribution is -2.35. The highest BCUT2D eigenvalue weighted by atomic mass is 32.2. The number of nitrogens with one attached hydrogen (secondary N) is 1. The number of anilines is 3. The molecule has 5 rings (SSSR count). The van der Waals surface area contributed by atoms with E-state index in [1.165, 1.54) is 12.1 Å². The average Bonchev–Trinajstić information content (AvgIpc) is 2.85. The number of hydrogen-bond donors (Lipinski definition) is 2. The molecule has 2 N–H and O–H groups in total. The molecule has 36 heavy (non-hydrogen) atoms. The average molecular weight is 511 g/mol. The third-order valence-corrected chi connectivity index (χ3v) is 8.63. The van der Waals surface area contributed by atoms with Crippen molar-refractivity contribution in [2.45, 2.75) is 42.9 Å². The summed E-state index contributed by atoms with van der Waals surface area (Å²) in [6.07, 6.45) is 2.70. The van der Waals surface area contributed by atoms with Crippen molar-refractivity contribution in [1.82, 2.24) is 9.97 Å². The van der Waals surface area contributed by atoms with E-state index in [9.17, 15) is 17.6 Å². The predicted octanol–water partition coefficient (Wildman–Crippen LogP) is 4.09. The molecule has 2 aliphatic rings. The molecule has 0 saturated carbocycles. The normalized spacial score (nSPS) is 17.4. The summed E-state index contributed by atoms with van der Waals surface area (Å²) in [6.45, 7) is 1.41. The smallest absolute Gasteiger partial charge is 0.307 e. The zero-order valence-corrected chi connectivity index (χ0v) is 20.5. The van der Waals surface area contributed by atoms with E-state index in [4.69, 9.17) is 5.11 Å². The fourth-order valence-electron chi connectivity index (χ4n) is 4.90. The van der Waals surface area contributed by atoms with Crippen LogP contribution in [0, 0.1) is 5.82 Å². The second-order valence-corrected chi connectivity index (χ2v) is 11.3. The van der Waals surface area contributed by atoms with Crippen LogP contribution in [0.5, 0.6) is 0 Å². The number of carboxylic acid groups (broad SMARTS) is 1. The molecule has 0 aliphatic carbocycles. The zero-order chi connectivity index (χ0) is 25.3. The van der Waals surface area contributed by atoms with Gasteiger partial charge in [-0.2, -0.15) is 4.98 Å². The van der Waals surface area contributed by atoms with Crippen molar-refractivity contribution >= 4 is 33.3 Å². The van der Waals surface area contributed by atoms with Crippen LogP contribution in [0.15, 0.2) is 53.4 Å². The molecular formula is C26H27FN4O4S. The molecule has 0 radical (unpaired) electrons. The summed E-state index contributed by atoms with van der Waals surface area (Å²) in [6, 6.07) is 13.5. The monoisotopic (exact) mass is 510 g/mol. The van der Waals surface area contributed by atoms with Crippen LogP contribution in [0.1, 0.15) is 42.0 Å². The molecule has 188 valence electrons. The van der Waals surface area contributed by atoms with Crippen LogP contribution in [0.25, 0.3) is 0 Å². The number of fused-ring (bicyclic) bond motifs is 1. The number of benzene rings is 2. The van der Waals surface area contributed by atoms with E-state index in [-0.39, 0.29) is 28.7 Å². The third kappa shape index (κ3) is 5.18. The van der Waals surface area contributed by atoms with Gasteiger partial charge in [0.15, 0.2) is 15.7 Å². The fourth-order valence-corrected chi connectivity index (χ4v) is 6.53. The van der Waals surface area contributed by atoms with Crippen molar-refractivity contribution < 1.29 is 22.7 Å². The highest BCUT2D eigenvalue weighted by Gasteiger charge is 2.32. The maximum absolute atomic E-state index is 13.3. The van der Waals surface area contributed by atoms with Crippen LogP contribution in [-0.2, 0) is 27.5 Å². The number of carboxylic acids is 1. The molecule has 0 atom stereocenters. The minimum atomic E-state index is -3.53. The molecule has 1 saturated heterocycles. The molecule has 0 unspecified atom stereocenters. The van der Waals surface area contributed by atoms with Gasteiger partial charge in [-0.15, -0.1) is 0 Å². The molecule has 2 aliphatic heterocycles. The molecule has 0 amide bonds. The van der Waals surface area contributed by atoms with Crippen LogP contribution in [0.3, 0.4) is 0 Å². The Labute approximate surface area is 209 Å². The summed E-state index contributed by atoms with van der Waals surface area (Å²) in [7, 11) is -3.53. The Morgan fingerprint density at radius 1 is 1.06 bits per heavy atom. The van der Waals surface area contributed by atoms with Crippen LogP contribution in [0.4, 0.5) is 21.8 Å². The molecule has 1 fully saturated rings. The van der Waals surface area contributed by atoms with Crippen LogP contribution >= 0.6 is 0 Å². The van der Waals surface area contributed by atoms with Gasteiger partial charge >= 0.3 is 5.97 Å². The van der Waals surface area contributed by atoms with Gasteiger partial charge in [0.2, 0.25) is 5.95 Å². The van der Waals surface area contributed by atoms with Gasteiger partial charge in [0.05, 0.1) is 17.9 Å². The number of carbonyl (C=O) groups is 1. The topological polar surface area (TPSA) is 112 Å². The standard InChI is InChI=1S/C26H27FN4O4S/c27-20-7-5-18(6-8-20)19-11-13-31(14-12-19)26-29-22-2-1-15-36(34,35)24(22)25(30-26)28-21-9-3-17(4-10-21)16-23(32)33/h3-10,19H,1-2,11-16H2,(H,32,33)(H,28,29,30). The molecule has 0 bridgehead atoms. The molecule has 1 aromatic heterocycles. The number of hydrogen-bond acceptors (Lipinski definition) is 7. The van der Waals surface area contributed by atoms with Gasteiger partial charge in [0, 0.05) is 18.8 Å².